The molecule has 1 saturated heterocycles. The zero-order valence-corrected chi connectivity index (χ0v) is 16.4. The zero-order valence-electron chi connectivity index (χ0n) is 14.8. The van der Waals surface area contributed by atoms with Gasteiger partial charge in [0, 0.05) is 53.5 Å². The molecule has 1 fully saturated rings. The lowest BCUT2D eigenvalue weighted by molar-refractivity contribution is -0.138. The summed E-state index contributed by atoms with van der Waals surface area (Å²) in [5, 5.41) is 3.93. The molecule has 0 aromatic heterocycles. The lowest BCUT2D eigenvalue weighted by Gasteiger charge is -2.36. The summed E-state index contributed by atoms with van der Waals surface area (Å²) >= 11 is 7.52. The Morgan fingerprint density at radius 1 is 1.04 bits per heavy atom. The van der Waals surface area contributed by atoms with Gasteiger partial charge in [-0.2, -0.15) is 13.2 Å². The third kappa shape index (κ3) is 6.14. The van der Waals surface area contributed by atoms with Crippen molar-refractivity contribution in [2.75, 3.05) is 26.2 Å². The second-order valence-corrected chi connectivity index (χ2v) is 8.10. The number of hydrogen-bond donors (Lipinski definition) is 1. The highest BCUT2D eigenvalue weighted by Gasteiger charge is 2.32. The maximum Gasteiger partial charge on any atom is 0.389 e. The molecule has 27 heavy (non-hydrogen) atoms. The van der Waals surface area contributed by atoms with Gasteiger partial charge in [0.1, 0.15) is 0 Å². The Morgan fingerprint density at radius 2 is 1.70 bits per heavy atom. The molecule has 0 spiro atoms. The third-order valence-corrected chi connectivity index (χ3v) is 5.96. The van der Waals surface area contributed by atoms with Crippen LogP contribution in [-0.2, 0) is 0 Å². The van der Waals surface area contributed by atoms with Crippen molar-refractivity contribution in [3.8, 4) is 0 Å². The van der Waals surface area contributed by atoms with Gasteiger partial charge in [-0.1, -0.05) is 41.6 Å². The van der Waals surface area contributed by atoms with Crippen molar-refractivity contribution >= 4 is 23.4 Å². The summed E-state index contributed by atoms with van der Waals surface area (Å²) in [7, 11) is 0. The quantitative estimate of drug-likeness (QED) is 0.645. The Kier molecular flexibility index (Phi) is 7.09. The maximum absolute atomic E-state index is 12.9. The summed E-state index contributed by atoms with van der Waals surface area (Å²) in [5.74, 6) is 0. The smallest absolute Gasteiger partial charge is 0.314 e. The predicted molar refractivity (Wildman–Crippen MR) is 104 cm³/mol. The van der Waals surface area contributed by atoms with Gasteiger partial charge in [0.25, 0.3) is 0 Å². The van der Waals surface area contributed by atoms with Crippen LogP contribution in [-0.4, -0.2) is 37.3 Å². The third-order valence-electron chi connectivity index (χ3n) is 4.61. The van der Waals surface area contributed by atoms with Gasteiger partial charge in [-0.05, 0) is 42.3 Å². The van der Waals surface area contributed by atoms with E-state index in [2.05, 4.69) is 10.2 Å². The lowest BCUT2D eigenvalue weighted by atomic mass is 9.99. The van der Waals surface area contributed by atoms with E-state index in [1.54, 1.807) is 11.8 Å². The monoisotopic (exact) mass is 414 g/mol. The van der Waals surface area contributed by atoms with Gasteiger partial charge in [0.2, 0.25) is 0 Å². The average molecular weight is 415 g/mol. The van der Waals surface area contributed by atoms with Crippen molar-refractivity contribution in [1.29, 1.82) is 0 Å². The van der Waals surface area contributed by atoms with Gasteiger partial charge in [-0.3, -0.25) is 4.90 Å². The Bertz CT molecular complexity index is 731. The van der Waals surface area contributed by atoms with Gasteiger partial charge < -0.3 is 5.32 Å². The highest BCUT2D eigenvalue weighted by Crippen LogP contribution is 2.39. The Balaban J connectivity index is 1.87. The highest BCUT2D eigenvalue weighted by molar-refractivity contribution is 7.99. The summed E-state index contributed by atoms with van der Waals surface area (Å²) in [6, 6.07) is 15.0. The molecule has 1 aliphatic rings. The molecule has 1 aliphatic heterocycles. The average Bonchev–Trinajstić information content (AvgIpc) is 2.65. The molecular weight excluding hydrogens is 393 g/mol. The van der Waals surface area contributed by atoms with Crippen molar-refractivity contribution in [2.45, 2.75) is 34.9 Å². The van der Waals surface area contributed by atoms with Crippen LogP contribution in [0.3, 0.4) is 0 Å². The van der Waals surface area contributed by atoms with E-state index in [-0.39, 0.29) is 12.5 Å². The molecule has 2 aromatic carbocycles. The van der Waals surface area contributed by atoms with Crippen molar-refractivity contribution in [2.24, 2.45) is 0 Å². The van der Waals surface area contributed by atoms with Gasteiger partial charge in [0.05, 0.1) is 0 Å². The second-order valence-electron chi connectivity index (χ2n) is 6.55. The van der Waals surface area contributed by atoms with Gasteiger partial charge in [-0.25, -0.2) is 0 Å². The molecule has 0 saturated carbocycles. The molecule has 0 bridgehead atoms. The van der Waals surface area contributed by atoms with Crippen LogP contribution in [0.2, 0.25) is 5.02 Å². The molecule has 1 atom stereocenters. The SMILES string of the molecule is FC(F)(F)CC[C@H](c1ccccc1Sc1ccc(Cl)cc1)N1CCNCC1. The fourth-order valence-corrected chi connectivity index (χ4v) is 4.43. The zero-order chi connectivity index (χ0) is 19.3. The summed E-state index contributed by atoms with van der Waals surface area (Å²) in [6.45, 7) is 3.11. The van der Waals surface area contributed by atoms with Crippen LogP contribution in [0.4, 0.5) is 13.2 Å². The van der Waals surface area contributed by atoms with Gasteiger partial charge in [0.15, 0.2) is 0 Å². The first-order chi connectivity index (χ1) is 12.9. The van der Waals surface area contributed by atoms with E-state index in [0.29, 0.717) is 5.02 Å². The number of benzene rings is 2. The minimum absolute atomic E-state index is 0.0711. The molecule has 3 rings (SSSR count). The Hall–Kier alpha value is -1.21. The van der Waals surface area contributed by atoms with Crippen LogP contribution in [0.1, 0.15) is 24.4 Å². The molecule has 1 N–H and O–H groups in total. The van der Waals surface area contributed by atoms with Crippen molar-refractivity contribution < 1.29 is 13.2 Å². The molecule has 2 aromatic rings. The largest absolute Gasteiger partial charge is 0.389 e. The maximum atomic E-state index is 12.9. The van der Waals surface area contributed by atoms with E-state index in [9.17, 15) is 13.2 Å². The van der Waals surface area contributed by atoms with Gasteiger partial charge >= 0.3 is 6.18 Å². The van der Waals surface area contributed by atoms with Crippen LogP contribution < -0.4 is 5.32 Å². The highest BCUT2D eigenvalue weighted by atomic mass is 35.5. The molecule has 0 radical (unpaired) electrons. The molecule has 146 valence electrons. The minimum Gasteiger partial charge on any atom is -0.314 e. The Labute approximate surface area is 167 Å². The van der Waals surface area contributed by atoms with E-state index >= 15 is 0 Å². The summed E-state index contributed by atoms with van der Waals surface area (Å²) < 4.78 is 38.8. The number of nitrogens with zero attached hydrogens (tertiary/aromatic N) is 1. The standard InChI is InChI=1S/C20H22ClF3N2S/c21-15-5-7-16(8-6-15)27-19-4-2-1-3-17(19)18(9-10-20(22,23)24)26-13-11-25-12-14-26/h1-8,18,25H,9-14H2/t18-/m1/s1. The molecule has 7 heteroatoms. The number of alkyl halides is 3. The number of nitrogens with one attached hydrogen (secondary N) is 1. The first kappa shape index (κ1) is 20.5. The van der Waals surface area contributed by atoms with Crippen molar-refractivity contribution in [3.05, 3.63) is 59.1 Å². The molecule has 0 amide bonds. The molecule has 1 heterocycles. The summed E-state index contributed by atoms with van der Waals surface area (Å²) in [4.78, 5) is 4.18. The van der Waals surface area contributed by atoms with Crippen LogP contribution in [0.5, 0.6) is 0 Å². The number of hydrogen-bond acceptors (Lipinski definition) is 3. The van der Waals surface area contributed by atoms with E-state index in [0.717, 1.165) is 41.5 Å². The van der Waals surface area contributed by atoms with Crippen molar-refractivity contribution in [1.82, 2.24) is 10.2 Å². The van der Waals surface area contributed by atoms with Crippen LogP contribution >= 0.6 is 23.4 Å². The topological polar surface area (TPSA) is 15.3 Å². The number of halogens is 4. The van der Waals surface area contributed by atoms with Crippen molar-refractivity contribution in [3.63, 3.8) is 0 Å². The fourth-order valence-electron chi connectivity index (χ4n) is 3.31. The first-order valence-corrected chi connectivity index (χ1v) is 10.2. The van der Waals surface area contributed by atoms with E-state index in [1.165, 1.54) is 0 Å². The normalized spacial score (nSPS) is 17.0. The van der Waals surface area contributed by atoms with Crippen LogP contribution in [0.25, 0.3) is 0 Å². The molecule has 0 aliphatic carbocycles. The molecule has 2 nitrogen and oxygen atoms in total. The van der Waals surface area contributed by atoms with Crippen LogP contribution in [0.15, 0.2) is 58.3 Å². The first-order valence-electron chi connectivity index (χ1n) is 8.96. The second kappa shape index (κ2) is 9.32. The fraction of sp³-hybridized carbons (Fsp3) is 0.400. The van der Waals surface area contributed by atoms with Gasteiger partial charge in [-0.15, -0.1) is 0 Å². The molecular formula is C20H22ClF3N2S. The van der Waals surface area contributed by atoms with E-state index in [1.807, 2.05) is 48.5 Å². The predicted octanol–water partition coefficient (Wildman–Crippen LogP) is 5.78. The van der Waals surface area contributed by atoms with E-state index < -0.39 is 12.6 Å². The Morgan fingerprint density at radius 3 is 2.37 bits per heavy atom. The number of piperazine rings is 1. The van der Waals surface area contributed by atoms with Crippen LogP contribution in [0, 0.1) is 0 Å². The summed E-state index contributed by atoms with van der Waals surface area (Å²) in [5.41, 5.74) is 0.962. The van der Waals surface area contributed by atoms with E-state index in [4.69, 9.17) is 11.6 Å². The lowest BCUT2D eigenvalue weighted by Crippen LogP contribution is -2.45. The minimum atomic E-state index is -4.15. The molecule has 0 unspecified atom stereocenters. The number of rotatable bonds is 6. The summed E-state index contributed by atoms with van der Waals surface area (Å²) in [6.07, 6.45) is -4.85.